The van der Waals surface area contributed by atoms with E-state index in [0.29, 0.717) is 12.8 Å². The van der Waals surface area contributed by atoms with Crippen LogP contribution in [0.1, 0.15) is 156 Å². The fourth-order valence-corrected chi connectivity index (χ4v) is 4.76. The number of unbranched alkanes of at least 4 members (excludes halogenated alkanes) is 8. The summed E-state index contributed by atoms with van der Waals surface area (Å²) in [5.41, 5.74) is 0. The Morgan fingerprint density at radius 2 is 0.820 bits per heavy atom. The van der Waals surface area contributed by atoms with Gasteiger partial charge in [-0.25, -0.2) is 0 Å². The van der Waals surface area contributed by atoms with Crippen molar-refractivity contribution in [3.05, 3.63) is 85.1 Å². The Hall–Kier alpha value is -3.41. The molecule has 0 aromatic rings. The number of allylic oxidation sites excluding steroid dienone is 14. The predicted molar refractivity (Wildman–Crippen MR) is 210 cm³/mol. The first kappa shape index (κ1) is 46.6. The molecular weight excluding hydrogens is 624 g/mol. The molecule has 0 aromatic carbocycles. The van der Waals surface area contributed by atoms with E-state index in [1.54, 1.807) is 0 Å². The number of hydrogen-bond acceptors (Lipinski definition) is 6. The molecule has 0 aliphatic heterocycles. The van der Waals surface area contributed by atoms with Crippen molar-refractivity contribution in [3.63, 3.8) is 0 Å². The molecule has 0 saturated carbocycles. The zero-order valence-electron chi connectivity index (χ0n) is 31.9. The topological polar surface area (TPSA) is 78.9 Å². The van der Waals surface area contributed by atoms with E-state index >= 15 is 0 Å². The minimum atomic E-state index is -0.814. The molecule has 0 aliphatic rings. The summed E-state index contributed by atoms with van der Waals surface area (Å²) in [5.74, 6) is -1.05. The van der Waals surface area contributed by atoms with Crippen LogP contribution in [0.2, 0.25) is 0 Å². The summed E-state index contributed by atoms with van der Waals surface area (Å²) in [5, 5.41) is 0. The van der Waals surface area contributed by atoms with Crippen LogP contribution in [0, 0.1) is 0 Å². The second-order valence-electron chi connectivity index (χ2n) is 12.4. The maximum Gasteiger partial charge on any atom is 0.306 e. The molecule has 6 heteroatoms. The summed E-state index contributed by atoms with van der Waals surface area (Å²) in [6.45, 7) is 6.20. The Morgan fingerprint density at radius 1 is 0.420 bits per heavy atom. The summed E-state index contributed by atoms with van der Waals surface area (Å²) < 4.78 is 16.4. The van der Waals surface area contributed by atoms with Gasteiger partial charge in [0.2, 0.25) is 0 Å². The summed E-state index contributed by atoms with van der Waals surface area (Å²) >= 11 is 0. The van der Waals surface area contributed by atoms with Gasteiger partial charge in [0.15, 0.2) is 6.10 Å². The van der Waals surface area contributed by atoms with E-state index in [4.69, 9.17) is 14.2 Å². The van der Waals surface area contributed by atoms with Crippen LogP contribution in [0.25, 0.3) is 0 Å². The first-order chi connectivity index (χ1) is 24.5. The van der Waals surface area contributed by atoms with Crippen molar-refractivity contribution in [2.45, 2.75) is 162 Å². The summed E-state index contributed by atoms with van der Waals surface area (Å²) in [6.07, 6.45) is 47.4. The smallest absolute Gasteiger partial charge is 0.306 e. The third-order valence-electron chi connectivity index (χ3n) is 7.66. The molecule has 282 valence electrons. The van der Waals surface area contributed by atoms with E-state index in [9.17, 15) is 14.4 Å². The summed E-state index contributed by atoms with van der Waals surface area (Å²) in [6, 6.07) is 0. The van der Waals surface area contributed by atoms with Gasteiger partial charge in [0.05, 0.1) is 0 Å². The molecule has 0 spiro atoms. The van der Waals surface area contributed by atoms with Gasteiger partial charge in [-0.05, 0) is 77.0 Å². The molecule has 0 aromatic heterocycles. The van der Waals surface area contributed by atoms with Crippen LogP contribution in [0.15, 0.2) is 85.1 Å². The minimum absolute atomic E-state index is 0.112. The Kier molecular flexibility index (Phi) is 35.8. The molecule has 0 amide bonds. The van der Waals surface area contributed by atoms with Crippen molar-refractivity contribution in [1.82, 2.24) is 0 Å². The molecule has 0 rings (SSSR count). The quantitative estimate of drug-likeness (QED) is 0.0294. The van der Waals surface area contributed by atoms with E-state index < -0.39 is 6.10 Å². The van der Waals surface area contributed by atoms with Gasteiger partial charge in [0.1, 0.15) is 13.2 Å². The van der Waals surface area contributed by atoms with Crippen molar-refractivity contribution >= 4 is 17.9 Å². The number of hydrogen-bond donors (Lipinski definition) is 0. The number of ether oxygens (including phenoxy) is 3. The van der Waals surface area contributed by atoms with Crippen LogP contribution in [0.3, 0.4) is 0 Å². The average Bonchev–Trinajstić information content (AvgIpc) is 3.11. The van der Waals surface area contributed by atoms with E-state index in [2.05, 4.69) is 93.7 Å². The Morgan fingerprint density at radius 3 is 1.34 bits per heavy atom. The maximum atomic E-state index is 12.6. The lowest BCUT2D eigenvalue weighted by Gasteiger charge is -2.18. The molecule has 50 heavy (non-hydrogen) atoms. The van der Waals surface area contributed by atoms with Gasteiger partial charge in [0, 0.05) is 19.3 Å². The van der Waals surface area contributed by atoms with E-state index in [-0.39, 0.29) is 44.0 Å². The number of rotatable bonds is 33. The first-order valence-corrected chi connectivity index (χ1v) is 19.6. The number of carbonyl (C=O) groups excluding carboxylic acids is 3. The molecule has 1 atom stereocenters. The molecule has 0 radical (unpaired) electrons. The van der Waals surface area contributed by atoms with Crippen LogP contribution in [-0.2, 0) is 28.6 Å². The highest BCUT2D eigenvalue weighted by molar-refractivity contribution is 5.71. The Labute approximate surface area is 305 Å². The SMILES string of the molecule is CC/C=C\C/C=C\C/C=C\C/C=C\CCC(=O)OCC(COC(=O)CCCCCCCC)OC(=O)CCCCC/C=C\C/C=C\C/C=C\CC. The second-order valence-corrected chi connectivity index (χ2v) is 12.4. The molecule has 0 N–H and O–H groups in total. The average molecular weight is 695 g/mol. The van der Waals surface area contributed by atoms with Crippen LogP contribution in [-0.4, -0.2) is 37.2 Å². The monoisotopic (exact) mass is 695 g/mol. The van der Waals surface area contributed by atoms with Crippen molar-refractivity contribution in [2.24, 2.45) is 0 Å². The van der Waals surface area contributed by atoms with E-state index in [0.717, 1.165) is 89.9 Å². The predicted octanol–water partition coefficient (Wildman–Crippen LogP) is 12.1. The van der Waals surface area contributed by atoms with Crippen molar-refractivity contribution < 1.29 is 28.6 Å². The fourth-order valence-electron chi connectivity index (χ4n) is 4.76. The van der Waals surface area contributed by atoms with Gasteiger partial charge in [-0.3, -0.25) is 14.4 Å². The highest BCUT2D eigenvalue weighted by Crippen LogP contribution is 2.10. The normalized spacial score (nSPS) is 12.9. The summed E-state index contributed by atoms with van der Waals surface area (Å²) in [4.78, 5) is 37.3. The molecule has 0 saturated heterocycles. The largest absolute Gasteiger partial charge is 0.462 e. The molecule has 0 bridgehead atoms. The lowest BCUT2D eigenvalue weighted by atomic mass is 10.1. The van der Waals surface area contributed by atoms with Crippen LogP contribution in [0.5, 0.6) is 0 Å². The summed E-state index contributed by atoms with van der Waals surface area (Å²) in [7, 11) is 0. The second kappa shape index (κ2) is 38.4. The van der Waals surface area contributed by atoms with Crippen LogP contribution in [0.4, 0.5) is 0 Å². The van der Waals surface area contributed by atoms with Gasteiger partial charge in [-0.1, -0.05) is 144 Å². The minimum Gasteiger partial charge on any atom is -0.462 e. The van der Waals surface area contributed by atoms with E-state index in [1.165, 1.54) is 19.3 Å². The molecule has 0 heterocycles. The van der Waals surface area contributed by atoms with Crippen molar-refractivity contribution in [2.75, 3.05) is 13.2 Å². The maximum absolute atomic E-state index is 12.6. The first-order valence-electron chi connectivity index (χ1n) is 19.6. The van der Waals surface area contributed by atoms with Gasteiger partial charge in [-0.2, -0.15) is 0 Å². The van der Waals surface area contributed by atoms with Crippen LogP contribution < -0.4 is 0 Å². The zero-order chi connectivity index (χ0) is 36.6. The Bertz CT molecular complexity index is 1030. The molecule has 0 aliphatic carbocycles. The lowest BCUT2D eigenvalue weighted by Crippen LogP contribution is -2.30. The zero-order valence-corrected chi connectivity index (χ0v) is 31.9. The standard InChI is InChI=1S/C44H70O6/c1-4-7-10-13-16-18-20-22-24-26-28-31-34-37-43(46)49-40-41(39-48-42(45)36-33-30-15-12-9-6-3)50-44(47)38-35-32-29-27-25-23-21-19-17-14-11-8-5-2/h7-8,10-11,16-19,22-25,28,31,41H,4-6,9,12-15,20-21,26-27,29-30,32-40H2,1-3H3/b10-7-,11-8-,18-16-,19-17-,24-22-,25-23-,31-28-. The van der Waals surface area contributed by atoms with E-state index in [1.807, 2.05) is 12.2 Å². The van der Waals surface area contributed by atoms with Gasteiger partial charge in [-0.15, -0.1) is 0 Å². The molecule has 1 unspecified atom stereocenters. The van der Waals surface area contributed by atoms with Crippen molar-refractivity contribution in [1.29, 1.82) is 0 Å². The van der Waals surface area contributed by atoms with Crippen molar-refractivity contribution in [3.8, 4) is 0 Å². The third kappa shape index (κ3) is 35.9. The Balaban J connectivity index is 4.51. The third-order valence-corrected chi connectivity index (χ3v) is 7.66. The highest BCUT2D eigenvalue weighted by Gasteiger charge is 2.19. The number of esters is 3. The number of carbonyl (C=O) groups is 3. The van der Waals surface area contributed by atoms with Gasteiger partial charge >= 0.3 is 17.9 Å². The molecular formula is C44H70O6. The van der Waals surface area contributed by atoms with Gasteiger partial charge < -0.3 is 14.2 Å². The molecule has 0 fully saturated rings. The highest BCUT2D eigenvalue weighted by atomic mass is 16.6. The molecule has 6 nitrogen and oxygen atoms in total. The lowest BCUT2D eigenvalue weighted by molar-refractivity contribution is -0.166. The van der Waals surface area contributed by atoms with Gasteiger partial charge in [0.25, 0.3) is 0 Å². The fraction of sp³-hybridized carbons (Fsp3) is 0.614. The van der Waals surface area contributed by atoms with Crippen LogP contribution >= 0.6 is 0 Å².